The van der Waals surface area contributed by atoms with E-state index in [4.69, 9.17) is 0 Å². The average molecular weight is 337 g/mol. The van der Waals surface area contributed by atoms with Crippen molar-refractivity contribution in [1.82, 2.24) is 15.1 Å². The van der Waals surface area contributed by atoms with Gasteiger partial charge in [-0.2, -0.15) is 0 Å². The molecule has 2 amide bonds. The molecule has 1 rings (SSSR count). The van der Waals surface area contributed by atoms with Crippen molar-refractivity contribution in [3.05, 3.63) is 35.6 Å². The number of nitrogens with zero attached hydrogens (tertiary/aromatic N) is 2. The van der Waals surface area contributed by atoms with Crippen molar-refractivity contribution in [2.75, 3.05) is 27.2 Å². The lowest BCUT2D eigenvalue weighted by Gasteiger charge is -2.27. The highest BCUT2D eigenvalue weighted by molar-refractivity contribution is 5.85. The molecule has 0 radical (unpaired) electrons. The van der Waals surface area contributed by atoms with Crippen LogP contribution in [0.3, 0.4) is 0 Å². The van der Waals surface area contributed by atoms with Gasteiger partial charge in [0.2, 0.25) is 11.8 Å². The highest BCUT2D eigenvalue weighted by atomic mass is 19.1. The SMILES string of the molecule is CC(c1ccc(F)cc1)N(C)CC(=O)N(C)CC(=O)NC(C)(C)C. The zero-order valence-corrected chi connectivity index (χ0v) is 15.4. The van der Waals surface area contributed by atoms with Crippen molar-refractivity contribution >= 4 is 11.8 Å². The summed E-state index contributed by atoms with van der Waals surface area (Å²) in [5.74, 6) is -0.614. The van der Waals surface area contributed by atoms with Crippen molar-refractivity contribution in [2.24, 2.45) is 0 Å². The van der Waals surface area contributed by atoms with Crippen molar-refractivity contribution in [3.8, 4) is 0 Å². The molecule has 1 N–H and O–H groups in total. The quantitative estimate of drug-likeness (QED) is 0.866. The molecule has 0 saturated carbocycles. The molecule has 1 aromatic rings. The van der Waals surface area contributed by atoms with Gasteiger partial charge in [-0.25, -0.2) is 4.39 Å². The molecule has 0 bridgehead atoms. The lowest BCUT2D eigenvalue weighted by molar-refractivity contribution is -0.136. The summed E-state index contributed by atoms with van der Waals surface area (Å²) in [6, 6.07) is 6.20. The maximum atomic E-state index is 13.0. The molecule has 0 aliphatic carbocycles. The number of rotatable bonds is 6. The third-order valence-corrected chi connectivity index (χ3v) is 3.72. The van der Waals surface area contributed by atoms with E-state index in [9.17, 15) is 14.0 Å². The van der Waals surface area contributed by atoms with E-state index < -0.39 is 0 Å². The van der Waals surface area contributed by atoms with Crippen LogP contribution in [0.4, 0.5) is 4.39 Å². The maximum absolute atomic E-state index is 13.0. The Balaban J connectivity index is 2.56. The van der Waals surface area contributed by atoms with Crippen LogP contribution in [0.2, 0.25) is 0 Å². The van der Waals surface area contributed by atoms with Crippen LogP contribution in [0.15, 0.2) is 24.3 Å². The molecule has 24 heavy (non-hydrogen) atoms. The van der Waals surface area contributed by atoms with Crippen LogP contribution in [0.5, 0.6) is 0 Å². The predicted octanol–water partition coefficient (Wildman–Crippen LogP) is 2.19. The number of benzene rings is 1. The molecule has 1 atom stereocenters. The lowest BCUT2D eigenvalue weighted by atomic mass is 10.1. The van der Waals surface area contributed by atoms with Crippen LogP contribution in [0, 0.1) is 5.82 Å². The predicted molar refractivity (Wildman–Crippen MR) is 93.0 cm³/mol. The smallest absolute Gasteiger partial charge is 0.240 e. The molecule has 0 spiro atoms. The largest absolute Gasteiger partial charge is 0.350 e. The summed E-state index contributed by atoms with van der Waals surface area (Å²) in [5, 5.41) is 2.83. The monoisotopic (exact) mass is 337 g/mol. The first-order valence-electron chi connectivity index (χ1n) is 8.00. The van der Waals surface area contributed by atoms with Crippen LogP contribution < -0.4 is 5.32 Å². The Kier molecular flexibility index (Phi) is 6.90. The Morgan fingerprint density at radius 2 is 1.67 bits per heavy atom. The Morgan fingerprint density at radius 3 is 2.17 bits per heavy atom. The zero-order chi connectivity index (χ0) is 18.5. The summed E-state index contributed by atoms with van der Waals surface area (Å²) in [5.41, 5.74) is 0.606. The molecule has 0 heterocycles. The third-order valence-electron chi connectivity index (χ3n) is 3.72. The molecule has 0 aromatic heterocycles. The minimum absolute atomic E-state index is 0.0227. The first-order chi connectivity index (χ1) is 11.0. The fourth-order valence-corrected chi connectivity index (χ4v) is 2.23. The van der Waals surface area contributed by atoms with Crippen LogP contribution >= 0.6 is 0 Å². The van der Waals surface area contributed by atoms with E-state index in [-0.39, 0.29) is 42.3 Å². The number of nitrogens with one attached hydrogen (secondary N) is 1. The van der Waals surface area contributed by atoms with Gasteiger partial charge in [0.15, 0.2) is 0 Å². The van der Waals surface area contributed by atoms with Crippen molar-refractivity contribution in [2.45, 2.75) is 39.3 Å². The Morgan fingerprint density at radius 1 is 1.12 bits per heavy atom. The Bertz CT molecular complexity index is 567. The number of halogens is 1. The number of likely N-dealkylation sites (N-methyl/N-ethyl adjacent to an activating group) is 2. The standard InChI is InChI=1S/C18H28FN3O2/c1-13(14-7-9-15(19)10-8-14)21(5)12-17(24)22(6)11-16(23)20-18(2,3)4/h7-10,13H,11-12H2,1-6H3,(H,20,23). The van der Waals surface area contributed by atoms with E-state index >= 15 is 0 Å². The van der Waals surface area contributed by atoms with Crippen LogP contribution in [-0.2, 0) is 9.59 Å². The van der Waals surface area contributed by atoms with E-state index in [1.807, 2.05) is 39.6 Å². The topological polar surface area (TPSA) is 52.7 Å². The Labute approximate surface area is 143 Å². The zero-order valence-electron chi connectivity index (χ0n) is 15.4. The van der Waals surface area contributed by atoms with Gasteiger partial charge in [-0.1, -0.05) is 12.1 Å². The van der Waals surface area contributed by atoms with Crippen molar-refractivity contribution < 1.29 is 14.0 Å². The van der Waals surface area contributed by atoms with Crippen LogP contribution in [0.1, 0.15) is 39.3 Å². The summed E-state index contributed by atoms with van der Waals surface area (Å²) in [7, 11) is 3.44. The second kappa shape index (κ2) is 8.24. The normalized spacial score (nSPS) is 12.8. The van der Waals surface area contributed by atoms with Gasteiger partial charge in [-0.05, 0) is 52.4 Å². The number of amides is 2. The molecule has 1 aromatic carbocycles. The van der Waals surface area contributed by atoms with Gasteiger partial charge in [0.05, 0.1) is 13.1 Å². The summed E-state index contributed by atoms with van der Waals surface area (Å²) < 4.78 is 13.0. The lowest BCUT2D eigenvalue weighted by Crippen LogP contribution is -2.47. The number of carbonyl (C=O) groups is 2. The van der Waals surface area contributed by atoms with Gasteiger partial charge < -0.3 is 10.2 Å². The molecule has 134 valence electrons. The minimum Gasteiger partial charge on any atom is -0.350 e. The van der Waals surface area contributed by atoms with Gasteiger partial charge in [0.1, 0.15) is 5.82 Å². The van der Waals surface area contributed by atoms with E-state index in [2.05, 4.69) is 5.32 Å². The van der Waals surface area contributed by atoms with E-state index in [0.29, 0.717) is 0 Å². The second-order valence-electron chi connectivity index (χ2n) is 7.19. The van der Waals surface area contributed by atoms with E-state index in [1.54, 1.807) is 19.2 Å². The van der Waals surface area contributed by atoms with E-state index in [1.165, 1.54) is 17.0 Å². The number of hydrogen-bond acceptors (Lipinski definition) is 3. The van der Waals surface area contributed by atoms with Crippen molar-refractivity contribution in [1.29, 1.82) is 0 Å². The first-order valence-corrected chi connectivity index (χ1v) is 8.00. The van der Waals surface area contributed by atoms with Crippen LogP contribution in [-0.4, -0.2) is 54.3 Å². The van der Waals surface area contributed by atoms with Crippen molar-refractivity contribution in [3.63, 3.8) is 0 Å². The number of hydrogen-bond donors (Lipinski definition) is 1. The molecule has 5 nitrogen and oxygen atoms in total. The molecule has 0 saturated heterocycles. The molecule has 0 aliphatic rings. The second-order valence-corrected chi connectivity index (χ2v) is 7.19. The highest BCUT2D eigenvalue weighted by Crippen LogP contribution is 2.18. The fourth-order valence-electron chi connectivity index (χ4n) is 2.23. The van der Waals surface area contributed by atoms with Gasteiger partial charge in [-0.15, -0.1) is 0 Å². The van der Waals surface area contributed by atoms with Gasteiger partial charge in [-0.3, -0.25) is 14.5 Å². The third kappa shape index (κ3) is 6.66. The molecule has 0 aliphatic heterocycles. The summed E-state index contributed by atoms with van der Waals surface area (Å²) in [6.45, 7) is 7.83. The summed E-state index contributed by atoms with van der Waals surface area (Å²) >= 11 is 0. The van der Waals surface area contributed by atoms with E-state index in [0.717, 1.165) is 5.56 Å². The molecular weight excluding hydrogens is 309 g/mol. The molecule has 0 fully saturated rings. The molecular formula is C18H28FN3O2. The minimum atomic E-state index is -0.325. The number of carbonyl (C=O) groups excluding carboxylic acids is 2. The summed E-state index contributed by atoms with van der Waals surface area (Å²) in [4.78, 5) is 27.5. The average Bonchev–Trinajstić information content (AvgIpc) is 2.44. The van der Waals surface area contributed by atoms with Gasteiger partial charge >= 0.3 is 0 Å². The highest BCUT2D eigenvalue weighted by Gasteiger charge is 2.20. The first kappa shape index (κ1) is 20.1. The molecule has 1 unspecified atom stereocenters. The summed E-state index contributed by atoms with van der Waals surface area (Å²) in [6.07, 6.45) is 0. The fraction of sp³-hybridized carbons (Fsp3) is 0.556. The maximum Gasteiger partial charge on any atom is 0.240 e. The Hall–Kier alpha value is -1.95. The van der Waals surface area contributed by atoms with Gasteiger partial charge in [0.25, 0.3) is 0 Å². The molecule has 6 heteroatoms. The van der Waals surface area contributed by atoms with Crippen LogP contribution in [0.25, 0.3) is 0 Å². The van der Waals surface area contributed by atoms with Gasteiger partial charge in [0, 0.05) is 18.6 Å².